The summed E-state index contributed by atoms with van der Waals surface area (Å²) in [6.45, 7) is 4.81. The minimum absolute atomic E-state index is 0.149. The van der Waals surface area contributed by atoms with Crippen molar-refractivity contribution in [1.29, 1.82) is 0 Å². The molecule has 0 unspecified atom stereocenters. The third-order valence-corrected chi connectivity index (χ3v) is 6.97. The van der Waals surface area contributed by atoms with Crippen LogP contribution in [0.15, 0.2) is 70.3 Å². The molecule has 0 spiro atoms. The molecule has 8 nitrogen and oxygen atoms in total. The molecule has 2 heterocycles. The smallest absolute Gasteiger partial charge is 0.277 e. The van der Waals surface area contributed by atoms with E-state index >= 15 is 0 Å². The maximum absolute atomic E-state index is 13.0. The quantitative estimate of drug-likeness (QED) is 0.260. The Bertz CT molecular complexity index is 1560. The first-order chi connectivity index (χ1) is 17.5. The molecule has 0 aliphatic heterocycles. The number of aromatic nitrogens is 3. The van der Waals surface area contributed by atoms with Crippen LogP contribution in [0, 0.1) is 0 Å². The van der Waals surface area contributed by atoms with E-state index < -0.39 is 5.25 Å². The van der Waals surface area contributed by atoms with Gasteiger partial charge in [-0.1, -0.05) is 30.0 Å². The van der Waals surface area contributed by atoms with Crippen LogP contribution in [0.3, 0.4) is 0 Å². The van der Waals surface area contributed by atoms with Crippen molar-refractivity contribution in [3.63, 3.8) is 0 Å². The first kappa shape index (κ1) is 23.7. The van der Waals surface area contributed by atoms with Gasteiger partial charge in [0, 0.05) is 39.6 Å². The van der Waals surface area contributed by atoms with Crippen LogP contribution in [0.4, 0.5) is 5.69 Å². The van der Waals surface area contributed by atoms with Gasteiger partial charge in [0.15, 0.2) is 11.5 Å². The van der Waals surface area contributed by atoms with E-state index in [9.17, 15) is 4.79 Å². The second kappa shape index (κ2) is 9.94. The fourth-order valence-electron chi connectivity index (χ4n) is 4.26. The molecule has 0 bridgehead atoms. The van der Waals surface area contributed by atoms with Gasteiger partial charge < -0.3 is 23.8 Å². The lowest BCUT2D eigenvalue weighted by Crippen LogP contribution is -2.22. The molecular weight excluding hydrogens is 476 g/mol. The van der Waals surface area contributed by atoms with E-state index in [-0.39, 0.29) is 5.91 Å². The molecule has 1 amide bonds. The second-order valence-corrected chi connectivity index (χ2v) is 9.48. The summed E-state index contributed by atoms with van der Waals surface area (Å²) >= 11 is 1.21. The SMILES string of the molecule is CCn1c2ccccc2c2cc(NC(=O)[C@H](C)Sc3nnc(-c4ccc(OC)c(OC)c4)o3)ccc21. The van der Waals surface area contributed by atoms with E-state index in [1.165, 1.54) is 22.7 Å². The van der Waals surface area contributed by atoms with Gasteiger partial charge in [-0.25, -0.2) is 0 Å². The number of methoxy groups -OCH3 is 2. The Morgan fingerprint density at radius 1 is 1.00 bits per heavy atom. The van der Waals surface area contributed by atoms with Gasteiger partial charge in [0.05, 0.1) is 19.5 Å². The highest BCUT2D eigenvalue weighted by Crippen LogP contribution is 2.34. The molecule has 5 aromatic rings. The number of rotatable bonds is 8. The van der Waals surface area contributed by atoms with Crippen LogP contribution in [0.1, 0.15) is 13.8 Å². The minimum atomic E-state index is -0.448. The topological polar surface area (TPSA) is 91.4 Å². The zero-order chi connectivity index (χ0) is 25.2. The Kier molecular flexibility index (Phi) is 6.56. The lowest BCUT2D eigenvalue weighted by atomic mass is 10.1. The maximum Gasteiger partial charge on any atom is 0.277 e. The highest BCUT2D eigenvalue weighted by molar-refractivity contribution is 8.00. The van der Waals surface area contributed by atoms with E-state index in [4.69, 9.17) is 13.9 Å². The molecular formula is C27H26N4O4S. The number of aryl methyl sites for hydroxylation is 1. The molecule has 0 fully saturated rings. The Morgan fingerprint density at radius 3 is 2.56 bits per heavy atom. The number of ether oxygens (including phenoxy) is 2. The van der Waals surface area contributed by atoms with Crippen LogP contribution in [0.2, 0.25) is 0 Å². The van der Waals surface area contributed by atoms with Gasteiger partial charge >= 0.3 is 0 Å². The summed E-state index contributed by atoms with van der Waals surface area (Å²) in [5.74, 6) is 1.36. The molecule has 0 saturated heterocycles. The van der Waals surface area contributed by atoms with Gasteiger partial charge in [0.25, 0.3) is 5.22 Å². The third-order valence-electron chi connectivity index (χ3n) is 6.04. The summed E-state index contributed by atoms with van der Waals surface area (Å²) < 4.78 is 18.7. The summed E-state index contributed by atoms with van der Waals surface area (Å²) in [5, 5.41) is 13.4. The molecule has 5 rings (SSSR count). The Balaban J connectivity index is 1.31. The predicted molar refractivity (Wildman–Crippen MR) is 142 cm³/mol. The number of fused-ring (bicyclic) bond motifs is 3. The van der Waals surface area contributed by atoms with Crippen LogP contribution >= 0.6 is 11.8 Å². The molecule has 3 aromatic carbocycles. The van der Waals surface area contributed by atoms with Crippen molar-refractivity contribution in [1.82, 2.24) is 14.8 Å². The Labute approximate surface area is 212 Å². The van der Waals surface area contributed by atoms with E-state index in [1.807, 2.05) is 37.3 Å². The molecule has 9 heteroatoms. The van der Waals surface area contributed by atoms with Gasteiger partial charge in [-0.05, 0) is 56.3 Å². The summed E-state index contributed by atoms with van der Waals surface area (Å²) in [7, 11) is 3.14. The van der Waals surface area contributed by atoms with E-state index in [2.05, 4.69) is 45.2 Å². The number of carbonyl (C=O) groups excluding carboxylic acids is 1. The van der Waals surface area contributed by atoms with Crippen LogP contribution in [0.5, 0.6) is 11.5 Å². The summed E-state index contributed by atoms with van der Waals surface area (Å²) in [5.41, 5.74) is 3.77. The van der Waals surface area contributed by atoms with Gasteiger partial charge in [0.2, 0.25) is 11.8 Å². The van der Waals surface area contributed by atoms with Crippen molar-refractivity contribution in [3.8, 4) is 23.0 Å². The normalized spacial score (nSPS) is 12.1. The van der Waals surface area contributed by atoms with Gasteiger partial charge in [-0.2, -0.15) is 0 Å². The molecule has 36 heavy (non-hydrogen) atoms. The van der Waals surface area contributed by atoms with Crippen LogP contribution in [-0.4, -0.2) is 40.1 Å². The maximum atomic E-state index is 13.0. The monoisotopic (exact) mass is 502 g/mol. The molecule has 0 aliphatic carbocycles. The zero-order valence-corrected chi connectivity index (χ0v) is 21.3. The van der Waals surface area contributed by atoms with E-state index in [0.717, 1.165) is 23.1 Å². The number of para-hydroxylation sites is 1. The number of hydrogen-bond acceptors (Lipinski definition) is 7. The third kappa shape index (κ3) is 4.37. The molecule has 1 atom stereocenters. The fourth-order valence-corrected chi connectivity index (χ4v) is 4.95. The minimum Gasteiger partial charge on any atom is -0.493 e. The Morgan fingerprint density at radius 2 is 1.78 bits per heavy atom. The molecule has 2 aromatic heterocycles. The number of anilines is 1. The largest absolute Gasteiger partial charge is 0.493 e. The van der Waals surface area contributed by atoms with Crippen LogP contribution in [-0.2, 0) is 11.3 Å². The van der Waals surface area contributed by atoms with E-state index in [1.54, 1.807) is 26.4 Å². The fraction of sp³-hybridized carbons (Fsp3) is 0.222. The van der Waals surface area contributed by atoms with Crippen LogP contribution < -0.4 is 14.8 Å². The number of hydrogen-bond donors (Lipinski definition) is 1. The molecule has 0 radical (unpaired) electrons. The van der Waals surface area contributed by atoms with E-state index in [0.29, 0.717) is 28.2 Å². The van der Waals surface area contributed by atoms with Crippen molar-refractivity contribution in [2.75, 3.05) is 19.5 Å². The van der Waals surface area contributed by atoms with Gasteiger partial charge in [-0.15, -0.1) is 10.2 Å². The number of benzene rings is 3. The van der Waals surface area contributed by atoms with Crippen molar-refractivity contribution in [2.24, 2.45) is 0 Å². The highest BCUT2D eigenvalue weighted by atomic mass is 32.2. The lowest BCUT2D eigenvalue weighted by molar-refractivity contribution is -0.115. The molecule has 1 N–H and O–H groups in total. The van der Waals surface area contributed by atoms with Crippen molar-refractivity contribution >= 4 is 45.2 Å². The number of thioether (sulfide) groups is 1. The van der Waals surface area contributed by atoms with Crippen molar-refractivity contribution in [3.05, 3.63) is 60.7 Å². The predicted octanol–water partition coefficient (Wildman–Crippen LogP) is 6.00. The average Bonchev–Trinajstić information content (AvgIpc) is 3.50. The zero-order valence-electron chi connectivity index (χ0n) is 20.4. The summed E-state index contributed by atoms with van der Waals surface area (Å²) in [6.07, 6.45) is 0. The molecule has 184 valence electrons. The highest BCUT2D eigenvalue weighted by Gasteiger charge is 2.20. The van der Waals surface area contributed by atoms with Gasteiger partial charge in [0.1, 0.15) is 0 Å². The number of nitrogens with one attached hydrogen (secondary N) is 1. The van der Waals surface area contributed by atoms with Crippen molar-refractivity contribution < 1.29 is 18.7 Å². The van der Waals surface area contributed by atoms with Gasteiger partial charge in [-0.3, -0.25) is 4.79 Å². The number of carbonyl (C=O) groups is 1. The standard InChI is InChI=1S/C27H26N4O4S/c1-5-31-21-9-7-6-8-19(21)20-15-18(11-12-22(20)31)28-25(32)16(2)36-27-30-29-26(35-27)17-10-13-23(33-3)24(14-17)34-4/h6-16H,5H2,1-4H3,(H,28,32)/t16-/m0/s1. The second-order valence-electron chi connectivity index (χ2n) is 8.19. The number of nitrogens with zero attached hydrogens (tertiary/aromatic N) is 3. The average molecular weight is 503 g/mol. The lowest BCUT2D eigenvalue weighted by Gasteiger charge is -2.10. The summed E-state index contributed by atoms with van der Waals surface area (Å²) in [6, 6.07) is 19.7. The Hall–Kier alpha value is -3.98. The summed E-state index contributed by atoms with van der Waals surface area (Å²) in [4.78, 5) is 13.0. The molecule has 0 aliphatic rings. The first-order valence-corrected chi connectivity index (χ1v) is 12.4. The number of amides is 1. The van der Waals surface area contributed by atoms with Crippen molar-refractivity contribution in [2.45, 2.75) is 30.9 Å². The molecule has 0 saturated carbocycles. The first-order valence-electron chi connectivity index (χ1n) is 11.6. The van der Waals surface area contributed by atoms with Crippen LogP contribution in [0.25, 0.3) is 33.3 Å².